The summed E-state index contributed by atoms with van der Waals surface area (Å²) < 4.78 is 27.3. The molecule has 0 atom stereocenters. The van der Waals surface area contributed by atoms with Crippen LogP contribution < -0.4 is 5.32 Å². The van der Waals surface area contributed by atoms with Crippen LogP contribution in [0.1, 0.15) is 54.6 Å². The summed E-state index contributed by atoms with van der Waals surface area (Å²) in [4.78, 5) is 17.3. The lowest BCUT2D eigenvalue weighted by Crippen LogP contribution is -2.18. The molecule has 2 aromatic heterocycles. The van der Waals surface area contributed by atoms with E-state index in [1.165, 1.54) is 6.20 Å². The minimum atomic E-state index is -3.38. The van der Waals surface area contributed by atoms with Gasteiger partial charge < -0.3 is 5.32 Å². The van der Waals surface area contributed by atoms with Crippen LogP contribution in [0.2, 0.25) is 0 Å². The largest absolute Gasteiger partial charge is 0.326 e. The Balaban J connectivity index is 1.47. The summed E-state index contributed by atoms with van der Waals surface area (Å²) in [5, 5.41) is 15.9. The number of aromatic nitrogens is 3. The van der Waals surface area contributed by atoms with E-state index in [9.17, 15) is 18.5 Å². The van der Waals surface area contributed by atoms with E-state index in [-0.39, 0.29) is 22.5 Å². The zero-order valence-electron chi connectivity index (χ0n) is 18.1. The monoisotopic (exact) mass is 451 g/mol. The van der Waals surface area contributed by atoms with Crippen molar-refractivity contribution >= 4 is 27.1 Å². The SMILES string of the molecule is Cc1nc2c(C#N)cnn2c(C)c1CCC(=O)Nc1cccc(S(=O)(=O)C2CCCC2)c1. The van der Waals surface area contributed by atoms with Gasteiger partial charge in [-0.25, -0.2) is 17.9 Å². The number of hydrogen-bond donors (Lipinski definition) is 1. The Hall–Kier alpha value is -3.25. The first-order valence-corrected chi connectivity index (χ1v) is 12.2. The number of fused-ring (bicyclic) bond motifs is 1. The summed E-state index contributed by atoms with van der Waals surface area (Å²) in [6, 6.07) is 8.58. The molecule has 0 radical (unpaired) electrons. The zero-order chi connectivity index (χ0) is 22.9. The lowest BCUT2D eigenvalue weighted by atomic mass is 10.1. The standard InChI is InChI=1S/C23H25N5O3S/c1-15-21(16(2)28-23(26-15)17(13-24)14-25-28)10-11-22(29)27-18-6-5-9-20(12-18)32(30,31)19-7-3-4-8-19/h5-6,9,12,14,19H,3-4,7-8,10-11H2,1-2H3,(H,27,29). The highest BCUT2D eigenvalue weighted by Crippen LogP contribution is 2.30. The number of benzene rings is 1. The van der Waals surface area contributed by atoms with Gasteiger partial charge in [-0.05, 0) is 56.9 Å². The van der Waals surface area contributed by atoms with Crippen LogP contribution in [0.15, 0.2) is 35.4 Å². The van der Waals surface area contributed by atoms with Crippen molar-refractivity contribution in [1.29, 1.82) is 5.26 Å². The fourth-order valence-electron chi connectivity index (χ4n) is 4.36. The fourth-order valence-corrected chi connectivity index (χ4v) is 6.25. The lowest BCUT2D eigenvalue weighted by Gasteiger charge is -2.13. The van der Waals surface area contributed by atoms with E-state index < -0.39 is 9.84 Å². The second kappa shape index (κ2) is 8.71. The van der Waals surface area contributed by atoms with E-state index in [0.717, 1.165) is 29.8 Å². The molecule has 0 bridgehead atoms. The molecule has 0 saturated heterocycles. The fraction of sp³-hybridized carbons (Fsp3) is 0.391. The second-order valence-electron chi connectivity index (χ2n) is 8.19. The second-order valence-corrected chi connectivity index (χ2v) is 10.4. The van der Waals surface area contributed by atoms with E-state index >= 15 is 0 Å². The molecule has 4 rings (SSSR count). The molecule has 9 heteroatoms. The minimum absolute atomic E-state index is 0.209. The van der Waals surface area contributed by atoms with Crippen LogP contribution >= 0.6 is 0 Å². The Morgan fingerprint density at radius 2 is 2.03 bits per heavy atom. The Bertz CT molecular complexity index is 1330. The van der Waals surface area contributed by atoms with E-state index in [1.54, 1.807) is 28.8 Å². The number of aryl methyl sites for hydroxylation is 2. The minimum Gasteiger partial charge on any atom is -0.326 e. The van der Waals surface area contributed by atoms with Gasteiger partial charge in [0, 0.05) is 23.5 Å². The molecule has 1 fully saturated rings. The molecule has 0 unspecified atom stereocenters. The summed E-state index contributed by atoms with van der Waals surface area (Å²) in [6.07, 6.45) is 5.42. The molecule has 1 amide bonds. The highest BCUT2D eigenvalue weighted by molar-refractivity contribution is 7.92. The molecular weight excluding hydrogens is 426 g/mol. The molecule has 32 heavy (non-hydrogen) atoms. The van der Waals surface area contributed by atoms with E-state index in [0.29, 0.717) is 36.2 Å². The predicted molar refractivity (Wildman–Crippen MR) is 120 cm³/mol. The number of amides is 1. The van der Waals surface area contributed by atoms with Crippen LogP contribution in [-0.2, 0) is 21.1 Å². The maximum atomic E-state index is 12.8. The number of hydrogen-bond acceptors (Lipinski definition) is 6. The number of sulfone groups is 1. The van der Waals surface area contributed by atoms with Crippen molar-refractivity contribution in [1.82, 2.24) is 14.6 Å². The van der Waals surface area contributed by atoms with Gasteiger partial charge in [0.2, 0.25) is 5.91 Å². The quantitative estimate of drug-likeness (QED) is 0.613. The van der Waals surface area contributed by atoms with Crippen LogP contribution in [0.3, 0.4) is 0 Å². The Kier molecular flexibility index (Phi) is 5.98. The van der Waals surface area contributed by atoms with Crippen molar-refractivity contribution in [2.45, 2.75) is 62.5 Å². The average Bonchev–Trinajstić information content (AvgIpc) is 3.44. The molecule has 8 nitrogen and oxygen atoms in total. The van der Waals surface area contributed by atoms with Gasteiger partial charge in [-0.1, -0.05) is 18.9 Å². The van der Waals surface area contributed by atoms with Gasteiger partial charge >= 0.3 is 0 Å². The van der Waals surface area contributed by atoms with Gasteiger partial charge in [0.05, 0.1) is 16.3 Å². The number of carbonyl (C=O) groups excluding carboxylic acids is 1. The number of nitrogens with zero attached hydrogens (tertiary/aromatic N) is 4. The van der Waals surface area contributed by atoms with Crippen molar-refractivity contribution in [3.8, 4) is 6.07 Å². The number of nitrogens with one attached hydrogen (secondary N) is 1. The maximum absolute atomic E-state index is 12.8. The molecule has 0 spiro atoms. The van der Waals surface area contributed by atoms with Crippen molar-refractivity contribution in [3.05, 3.63) is 53.0 Å². The number of anilines is 1. The molecule has 1 aliphatic rings. The van der Waals surface area contributed by atoms with Gasteiger partial charge in [0.25, 0.3) is 0 Å². The summed E-state index contributed by atoms with van der Waals surface area (Å²) >= 11 is 0. The van der Waals surface area contributed by atoms with Gasteiger partial charge in [-0.15, -0.1) is 0 Å². The normalized spacial score (nSPS) is 14.5. The topological polar surface area (TPSA) is 117 Å². The molecule has 1 saturated carbocycles. The number of rotatable bonds is 6. The molecule has 3 aromatic rings. The van der Waals surface area contributed by atoms with E-state index in [4.69, 9.17) is 0 Å². The molecular formula is C23H25N5O3S. The Morgan fingerprint density at radius 3 is 2.75 bits per heavy atom. The van der Waals surface area contributed by atoms with Crippen molar-refractivity contribution in [3.63, 3.8) is 0 Å². The van der Waals surface area contributed by atoms with Crippen molar-refractivity contribution in [2.75, 3.05) is 5.32 Å². The molecule has 1 N–H and O–H groups in total. The first kappa shape index (κ1) is 22.0. The Morgan fingerprint density at radius 1 is 1.28 bits per heavy atom. The van der Waals surface area contributed by atoms with Crippen molar-refractivity contribution < 1.29 is 13.2 Å². The molecule has 0 aliphatic heterocycles. The van der Waals surface area contributed by atoms with Crippen LogP contribution in [0, 0.1) is 25.2 Å². The summed E-state index contributed by atoms with van der Waals surface area (Å²) in [7, 11) is -3.38. The van der Waals surface area contributed by atoms with Gasteiger partial charge in [0.15, 0.2) is 15.5 Å². The van der Waals surface area contributed by atoms with Gasteiger partial charge in [0.1, 0.15) is 11.6 Å². The zero-order valence-corrected chi connectivity index (χ0v) is 18.9. The summed E-state index contributed by atoms with van der Waals surface area (Å²) in [6.45, 7) is 3.74. The van der Waals surface area contributed by atoms with Gasteiger partial charge in [-0.2, -0.15) is 10.4 Å². The third-order valence-corrected chi connectivity index (χ3v) is 8.38. The van der Waals surface area contributed by atoms with Crippen LogP contribution in [-0.4, -0.2) is 34.2 Å². The van der Waals surface area contributed by atoms with Crippen LogP contribution in [0.4, 0.5) is 5.69 Å². The van der Waals surface area contributed by atoms with Crippen LogP contribution in [0.25, 0.3) is 5.65 Å². The summed E-state index contributed by atoms with van der Waals surface area (Å²) in [5.41, 5.74) is 3.89. The van der Waals surface area contributed by atoms with E-state index in [1.807, 2.05) is 13.8 Å². The highest BCUT2D eigenvalue weighted by Gasteiger charge is 2.30. The molecule has 1 aromatic carbocycles. The van der Waals surface area contributed by atoms with E-state index in [2.05, 4.69) is 21.5 Å². The number of nitriles is 1. The summed E-state index contributed by atoms with van der Waals surface area (Å²) in [5.74, 6) is -0.211. The predicted octanol–water partition coefficient (Wildman–Crippen LogP) is 3.51. The first-order valence-electron chi connectivity index (χ1n) is 10.7. The highest BCUT2D eigenvalue weighted by atomic mass is 32.2. The van der Waals surface area contributed by atoms with Gasteiger partial charge in [-0.3, -0.25) is 4.79 Å². The first-order chi connectivity index (χ1) is 15.3. The Labute approximate surface area is 187 Å². The number of carbonyl (C=O) groups is 1. The average molecular weight is 452 g/mol. The van der Waals surface area contributed by atoms with Crippen molar-refractivity contribution in [2.24, 2.45) is 0 Å². The smallest absolute Gasteiger partial charge is 0.224 e. The maximum Gasteiger partial charge on any atom is 0.224 e. The van der Waals surface area contributed by atoms with Crippen LogP contribution in [0.5, 0.6) is 0 Å². The third-order valence-electron chi connectivity index (χ3n) is 6.12. The molecule has 166 valence electrons. The molecule has 1 aliphatic carbocycles. The molecule has 2 heterocycles. The third kappa shape index (κ3) is 4.10. The lowest BCUT2D eigenvalue weighted by molar-refractivity contribution is -0.116.